The number of ether oxygens (including phenoxy) is 1. The normalized spacial score (nSPS) is 16.1. The zero-order valence-electron chi connectivity index (χ0n) is 12.4. The lowest BCUT2D eigenvalue weighted by Crippen LogP contribution is -2.42. The van der Waals surface area contributed by atoms with Crippen molar-refractivity contribution in [2.45, 2.75) is 37.6 Å². The van der Waals surface area contributed by atoms with Gasteiger partial charge in [0.15, 0.2) is 0 Å². The van der Waals surface area contributed by atoms with Crippen molar-refractivity contribution in [1.29, 1.82) is 0 Å². The fraction of sp³-hybridized carbons (Fsp3) is 0.500. The summed E-state index contributed by atoms with van der Waals surface area (Å²) in [5.41, 5.74) is 0.127. The van der Waals surface area contributed by atoms with Gasteiger partial charge in [0.2, 0.25) is 10.0 Å². The molecule has 7 heteroatoms. The van der Waals surface area contributed by atoms with E-state index in [9.17, 15) is 13.2 Å². The number of hydrogen-bond acceptors (Lipinski definition) is 4. The minimum Gasteiger partial charge on any atom is -0.447 e. The van der Waals surface area contributed by atoms with Crippen LogP contribution in [0, 0.1) is 0 Å². The van der Waals surface area contributed by atoms with E-state index >= 15 is 0 Å². The Bertz CT molecular complexity index is 623. The van der Waals surface area contributed by atoms with Crippen molar-refractivity contribution in [2.75, 3.05) is 18.1 Å². The molecule has 0 bridgehead atoms. The summed E-state index contributed by atoms with van der Waals surface area (Å²) >= 11 is 0. The van der Waals surface area contributed by atoms with Crippen molar-refractivity contribution in [3.63, 3.8) is 0 Å². The van der Waals surface area contributed by atoms with E-state index in [-0.39, 0.29) is 4.90 Å². The molecule has 1 aromatic carbocycles. The number of nitrogens with zero attached hydrogens (tertiary/aromatic N) is 1. The minimum absolute atomic E-state index is 0.181. The van der Waals surface area contributed by atoms with Crippen molar-refractivity contribution in [1.82, 2.24) is 4.72 Å². The van der Waals surface area contributed by atoms with E-state index in [0.29, 0.717) is 25.3 Å². The zero-order chi connectivity index (χ0) is 15.7. The predicted molar refractivity (Wildman–Crippen MR) is 79.8 cm³/mol. The Morgan fingerprint density at radius 3 is 2.38 bits per heavy atom. The number of amides is 1. The van der Waals surface area contributed by atoms with Gasteiger partial charge in [-0.3, -0.25) is 4.90 Å². The number of carbonyl (C=O) groups is 1. The molecular formula is C14H20N2O4S. The van der Waals surface area contributed by atoms with Crippen molar-refractivity contribution >= 4 is 21.8 Å². The maximum Gasteiger partial charge on any atom is 0.414 e. The molecule has 21 heavy (non-hydrogen) atoms. The Hall–Kier alpha value is -1.60. The maximum atomic E-state index is 12.3. The molecule has 1 aliphatic heterocycles. The average Bonchev–Trinajstić information content (AvgIpc) is 2.84. The van der Waals surface area contributed by atoms with Crippen LogP contribution in [-0.2, 0) is 14.8 Å². The second-order valence-electron chi connectivity index (χ2n) is 5.60. The van der Waals surface area contributed by atoms with E-state index in [1.165, 1.54) is 17.0 Å². The second kappa shape index (κ2) is 5.65. The number of carbonyl (C=O) groups excluding carboxylic acids is 1. The number of anilines is 1. The highest BCUT2D eigenvalue weighted by atomic mass is 32.2. The molecule has 0 aromatic heterocycles. The summed E-state index contributed by atoms with van der Waals surface area (Å²) in [6.07, 6.45) is 0.278. The van der Waals surface area contributed by atoms with Crippen LogP contribution in [0.3, 0.4) is 0 Å². The second-order valence-corrected chi connectivity index (χ2v) is 7.29. The summed E-state index contributed by atoms with van der Waals surface area (Å²) in [6, 6.07) is 6.21. The summed E-state index contributed by atoms with van der Waals surface area (Å²) in [5.74, 6) is 0. The fourth-order valence-corrected chi connectivity index (χ4v) is 3.41. The van der Waals surface area contributed by atoms with Crippen LogP contribution in [0.1, 0.15) is 27.2 Å². The Morgan fingerprint density at radius 2 is 1.90 bits per heavy atom. The van der Waals surface area contributed by atoms with Gasteiger partial charge < -0.3 is 4.74 Å². The monoisotopic (exact) mass is 312 g/mol. The smallest absolute Gasteiger partial charge is 0.414 e. The molecule has 1 amide bonds. The minimum atomic E-state index is -3.57. The number of sulfonamides is 1. The number of rotatable bonds is 5. The predicted octanol–water partition coefficient (Wildman–Crippen LogP) is 2.11. The summed E-state index contributed by atoms with van der Waals surface area (Å²) in [5, 5.41) is 0. The molecule has 2 rings (SSSR count). The standard InChI is InChI=1S/C14H20N2O4S/c1-4-14(2,3)15-21(18,19)12-7-5-11(6-8-12)16-9-10-20-13(16)17/h5-8,15H,4,9-10H2,1-3H3. The van der Waals surface area contributed by atoms with E-state index in [0.717, 1.165) is 0 Å². The molecule has 1 heterocycles. The van der Waals surface area contributed by atoms with Gasteiger partial charge in [0.25, 0.3) is 0 Å². The van der Waals surface area contributed by atoms with E-state index < -0.39 is 21.7 Å². The molecule has 0 radical (unpaired) electrons. The lowest BCUT2D eigenvalue weighted by atomic mass is 10.0. The van der Waals surface area contributed by atoms with Gasteiger partial charge >= 0.3 is 6.09 Å². The first-order valence-electron chi connectivity index (χ1n) is 6.83. The van der Waals surface area contributed by atoms with Crippen molar-refractivity contribution in [2.24, 2.45) is 0 Å². The molecule has 1 saturated heterocycles. The fourth-order valence-electron chi connectivity index (χ4n) is 1.93. The van der Waals surface area contributed by atoms with Crippen molar-refractivity contribution < 1.29 is 17.9 Å². The van der Waals surface area contributed by atoms with Crippen LogP contribution in [0.5, 0.6) is 0 Å². The lowest BCUT2D eigenvalue weighted by molar-refractivity contribution is 0.181. The third kappa shape index (κ3) is 3.54. The Balaban J connectivity index is 2.20. The van der Waals surface area contributed by atoms with Crippen LogP contribution >= 0.6 is 0 Å². The van der Waals surface area contributed by atoms with Crippen LogP contribution in [0.15, 0.2) is 29.2 Å². The summed E-state index contributed by atoms with van der Waals surface area (Å²) < 4.78 is 32.1. The molecule has 1 aromatic rings. The highest BCUT2D eigenvalue weighted by molar-refractivity contribution is 7.89. The van der Waals surface area contributed by atoms with Gasteiger partial charge in [0.05, 0.1) is 11.4 Å². The maximum absolute atomic E-state index is 12.3. The molecule has 116 valence electrons. The molecule has 1 aliphatic rings. The first-order chi connectivity index (χ1) is 9.75. The molecule has 0 saturated carbocycles. The van der Waals surface area contributed by atoms with Crippen LogP contribution in [0.4, 0.5) is 10.5 Å². The van der Waals surface area contributed by atoms with Crippen LogP contribution in [-0.4, -0.2) is 33.2 Å². The van der Waals surface area contributed by atoms with E-state index in [4.69, 9.17) is 4.74 Å². The SMILES string of the molecule is CCC(C)(C)NS(=O)(=O)c1ccc(N2CCOC2=O)cc1. The quantitative estimate of drug-likeness (QED) is 0.903. The molecule has 0 atom stereocenters. The molecule has 6 nitrogen and oxygen atoms in total. The summed E-state index contributed by atoms with van der Waals surface area (Å²) in [4.78, 5) is 13.1. The molecule has 1 N–H and O–H groups in total. The van der Waals surface area contributed by atoms with Crippen molar-refractivity contribution in [3.05, 3.63) is 24.3 Å². The third-order valence-electron chi connectivity index (χ3n) is 3.51. The van der Waals surface area contributed by atoms with Gasteiger partial charge in [-0.1, -0.05) is 6.92 Å². The van der Waals surface area contributed by atoms with Gasteiger partial charge in [0, 0.05) is 11.2 Å². The topological polar surface area (TPSA) is 75.7 Å². The van der Waals surface area contributed by atoms with Crippen LogP contribution in [0.2, 0.25) is 0 Å². The van der Waals surface area contributed by atoms with Crippen molar-refractivity contribution in [3.8, 4) is 0 Å². The third-order valence-corrected chi connectivity index (χ3v) is 5.23. The van der Waals surface area contributed by atoms with Gasteiger partial charge in [-0.25, -0.2) is 17.9 Å². The summed E-state index contributed by atoms with van der Waals surface area (Å²) in [7, 11) is -3.57. The molecule has 0 aliphatic carbocycles. The van der Waals surface area contributed by atoms with Crippen LogP contribution < -0.4 is 9.62 Å². The first kappa shape index (κ1) is 15.8. The molecule has 0 spiro atoms. The number of benzene rings is 1. The molecule has 0 unspecified atom stereocenters. The molecular weight excluding hydrogens is 292 g/mol. The first-order valence-corrected chi connectivity index (χ1v) is 8.32. The van der Waals surface area contributed by atoms with Gasteiger partial charge in [-0.15, -0.1) is 0 Å². The Kier molecular flexibility index (Phi) is 4.25. The highest BCUT2D eigenvalue weighted by Crippen LogP contribution is 2.22. The van der Waals surface area contributed by atoms with E-state index in [1.807, 2.05) is 20.8 Å². The number of nitrogens with one attached hydrogen (secondary N) is 1. The zero-order valence-corrected chi connectivity index (χ0v) is 13.2. The average molecular weight is 312 g/mol. The van der Waals surface area contributed by atoms with E-state index in [1.54, 1.807) is 12.1 Å². The van der Waals surface area contributed by atoms with Gasteiger partial charge in [-0.05, 0) is 44.5 Å². The summed E-state index contributed by atoms with van der Waals surface area (Å²) in [6.45, 7) is 6.42. The van der Waals surface area contributed by atoms with Gasteiger partial charge in [-0.2, -0.15) is 0 Å². The van der Waals surface area contributed by atoms with E-state index in [2.05, 4.69) is 4.72 Å². The lowest BCUT2D eigenvalue weighted by Gasteiger charge is -2.24. The van der Waals surface area contributed by atoms with Gasteiger partial charge in [0.1, 0.15) is 6.61 Å². The molecule has 1 fully saturated rings. The van der Waals surface area contributed by atoms with Crippen LogP contribution in [0.25, 0.3) is 0 Å². The largest absolute Gasteiger partial charge is 0.447 e. The number of cyclic esters (lactones) is 1. The number of hydrogen-bond donors (Lipinski definition) is 1. The Morgan fingerprint density at radius 1 is 1.29 bits per heavy atom. The highest BCUT2D eigenvalue weighted by Gasteiger charge is 2.26. The Labute approximate surface area is 125 Å².